The number of alkyl halides is 1. The normalized spacial score (nSPS) is 15.0. The minimum atomic E-state index is -2.11. The summed E-state index contributed by atoms with van der Waals surface area (Å²) in [5.41, 5.74) is 0. The first-order valence-electron chi connectivity index (χ1n) is 2.86. The van der Waals surface area contributed by atoms with E-state index in [1.54, 1.807) is 13.8 Å². The van der Waals surface area contributed by atoms with Gasteiger partial charge in [-0.2, -0.15) is 8.78 Å². The summed E-state index contributed by atoms with van der Waals surface area (Å²) >= 11 is 0. The van der Waals surface area contributed by atoms with Crippen molar-refractivity contribution >= 4 is 0 Å². The molecule has 55 valence electrons. The van der Waals surface area contributed by atoms with E-state index in [-0.39, 0.29) is 12.3 Å². The second-order valence-corrected chi connectivity index (χ2v) is 2.39. The fourth-order valence-corrected chi connectivity index (χ4v) is 0.503. The van der Waals surface area contributed by atoms with Crippen LogP contribution >= 0.6 is 0 Å². The zero-order chi connectivity index (χ0) is 7.44. The average Bonchev–Trinajstić information content (AvgIpc) is 1.63. The van der Waals surface area contributed by atoms with Gasteiger partial charge in [-0.15, -0.1) is 0 Å². The molecule has 0 aliphatic carbocycles. The van der Waals surface area contributed by atoms with E-state index in [2.05, 4.69) is 0 Å². The van der Waals surface area contributed by atoms with E-state index in [0.29, 0.717) is 0 Å². The molecule has 0 nitrogen and oxygen atoms in total. The van der Waals surface area contributed by atoms with Gasteiger partial charge in [0.2, 0.25) is 0 Å². The SMILES string of the molecule is CC(C)CC(F)[C](F)F. The van der Waals surface area contributed by atoms with Crippen molar-refractivity contribution in [1.29, 1.82) is 0 Å². The Kier molecular flexibility index (Phi) is 3.66. The van der Waals surface area contributed by atoms with Gasteiger partial charge in [0.15, 0.2) is 6.17 Å². The van der Waals surface area contributed by atoms with Crippen molar-refractivity contribution in [3.63, 3.8) is 0 Å². The van der Waals surface area contributed by atoms with Crippen LogP contribution in [0.5, 0.6) is 0 Å². The van der Waals surface area contributed by atoms with E-state index in [1.807, 2.05) is 0 Å². The molecule has 0 aliphatic heterocycles. The molecule has 0 saturated heterocycles. The van der Waals surface area contributed by atoms with Crippen molar-refractivity contribution in [2.75, 3.05) is 0 Å². The monoisotopic (exact) mass is 139 g/mol. The molecule has 1 atom stereocenters. The molecule has 0 fully saturated rings. The summed E-state index contributed by atoms with van der Waals surface area (Å²) in [4.78, 5) is 0. The van der Waals surface area contributed by atoms with E-state index in [0.717, 1.165) is 0 Å². The lowest BCUT2D eigenvalue weighted by atomic mass is 10.1. The Morgan fingerprint density at radius 3 is 1.89 bits per heavy atom. The highest BCUT2D eigenvalue weighted by Gasteiger charge is 2.21. The predicted molar refractivity (Wildman–Crippen MR) is 29.8 cm³/mol. The molecule has 3 heteroatoms. The number of halogens is 3. The lowest BCUT2D eigenvalue weighted by molar-refractivity contribution is 0.140. The van der Waals surface area contributed by atoms with Crippen molar-refractivity contribution < 1.29 is 13.2 Å². The van der Waals surface area contributed by atoms with E-state index in [1.165, 1.54) is 0 Å². The van der Waals surface area contributed by atoms with E-state index >= 15 is 0 Å². The van der Waals surface area contributed by atoms with Gasteiger partial charge in [0, 0.05) is 0 Å². The molecule has 0 rings (SSSR count). The van der Waals surface area contributed by atoms with Crippen LogP contribution in [-0.2, 0) is 0 Å². The van der Waals surface area contributed by atoms with Crippen molar-refractivity contribution in [2.24, 2.45) is 5.92 Å². The molecular weight excluding hydrogens is 129 g/mol. The summed E-state index contributed by atoms with van der Waals surface area (Å²) in [6.07, 6.45) is -4.21. The third-order valence-corrected chi connectivity index (χ3v) is 0.915. The first-order chi connectivity index (χ1) is 4.04. The molecular formula is C6H10F3. The fourth-order valence-electron chi connectivity index (χ4n) is 0.503. The lowest BCUT2D eigenvalue weighted by Gasteiger charge is -2.06. The Bertz CT molecular complexity index is 70.7. The fraction of sp³-hybridized carbons (Fsp3) is 0.833. The zero-order valence-electron chi connectivity index (χ0n) is 5.50. The first kappa shape index (κ1) is 8.79. The summed E-state index contributed by atoms with van der Waals surface area (Å²) in [6, 6.07) is 0. The molecule has 1 unspecified atom stereocenters. The summed E-state index contributed by atoms with van der Waals surface area (Å²) in [5, 5.41) is 0. The Morgan fingerprint density at radius 2 is 1.78 bits per heavy atom. The van der Waals surface area contributed by atoms with Crippen LogP contribution in [0.3, 0.4) is 0 Å². The van der Waals surface area contributed by atoms with Crippen molar-refractivity contribution in [3.05, 3.63) is 6.43 Å². The number of rotatable bonds is 3. The summed E-state index contributed by atoms with van der Waals surface area (Å²) in [6.45, 7) is 3.41. The minimum absolute atomic E-state index is 0.0125. The van der Waals surface area contributed by atoms with Crippen LogP contribution in [0.1, 0.15) is 20.3 Å². The van der Waals surface area contributed by atoms with Crippen LogP contribution in [-0.4, -0.2) is 6.17 Å². The van der Waals surface area contributed by atoms with E-state index in [4.69, 9.17) is 0 Å². The maximum Gasteiger partial charge on any atom is 0.343 e. The highest BCUT2D eigenvalue weighted by molar-refractivity contribution is 4.74. The van der Waals surface area contributed by atoms with Crippen LogP contribution in [0.2, 0.25) is 0 Å². The summed E-state index contributed by atoms with van der Waals surface area (Å²) < 4.78 is 34.6. The molecule has 0 heterocycles. The maximum absolute atomic E-state index is 12.0. The van der Waals surface area contributed by atoms with Crippen molar-refractivity contribution in [2.45, 2.75) is 26.4 Å². The smallest absolute Gasteiger partial charge is 0.241 e. The third kappa shape index (κ3) is 4.30. The Morgan fingerprint density at radius 1 is 1.33 bits per heavy atom. The molecule has 0 saturated carbocycles. The molecule has 1 radical (unpaired) electrons. The Hall–Kier alpha value is -0.210. The third-order valence-electron chi connectivity index (χ3n) is 0.915. The van der Waals surface area contributed by atoms with Crippen molar-refractivity contribution in [1.82, 2.24) is 0 Å². The van der Waals surface area contributed by atoms with E-state index < -0.39 is 12.6 Å². The standard InChI is InChI=1S/C6H10F3/c1-4(2)3-5(7)6(8)9/h4-5H,3H2,1-2H3. The quantitative estimate of drug-likeness (QED) is 0.564. The highest BCUT2D eigenvalue weighted by atomic mass is 19.3. The zero-order valence-corrected chi connectivity index (χ0v) is 5.50. The summed E-state index contributed by atoms with van der Waals surface area (Å²) in [5.74, 6) is -0.0125. The second-order valence-electron chi connectivity index (χ2n) is 2.39. The van der Waals surface area contributed by atoms with Gasteiger partial charge in [-0.05, 0) is 12.3 Å². The van der Waals surface area contributed by atoms with Crippen LogP contribution in [0.15, 0.2) is 0 Å². The average molecular weight is 139 g/mol. The van der Waals surface area contributed by atoms with Crippen LogP contribution in [0.25, 0.3) is 0 Å². The van der Waals surface area contributed by atoms with Gasteiger partial charge in [-0.1, -0.05) is 13.8 Å². The van der Waals surface area contributed by atoms with Gasteiger partial charge >= 0.3 is 6.43 Å². The molecule has 0 bridgehead atoms. The lowest BCUT2D eigenvalue weighted by Crippen LogP contribution is -2.07. The second kappa shape index (κ2) is 3.75. The first-order valence-corrected chi connectivity index (χ1v) is 2.86. The van der Waals surface area contributed by atoms with Crippen LogP contribution in [0, 0.1) is 12.3 Å². The minimum Gasteiger partial charge on any atom is -0.241 e. The molecule has 0 aromatic heterocycles. The molecule has 0 aliphatic rings. The Balaban J connectivity index is 3.38. The van der Waals surface area contributed by atoms with Gasteiger partial charge in [0.25, 0.3) is 0 Å². The topological polar surface area (TPSA) is 0 Å². The predicted octanol–water partition coefficient (Wildman–Crippen LogP) is 2.80. The van der Waals surface area contributed by atoms with Crippen molar-refractivity contribution in [3.8, 4) is 0 Å². The molecule has 0 spiro atoms. The van der Waals surface area contributed by atoms with Gasteiger partial charge < -0.3 is 0 Å². The number of hydrogen-bond acceptors (Lipinski definition) is 0. The largest absolute Gasteiger partial charge is 0.343 e. The Labute approximate surface area is 53.1 Å². The molecule has 0 N–H and O–H groups in total. The summed E-state index contributed by atoms with van der Waals surface area (Å²) in [7, 11) is 0. The molecule has 9 heavy (non-hydrogen) atoms. The van der Waals surface area contributed by atoms with Gasteiger partial charge in [-0.25, -0.2) is 4.39 Å². The van der Waals surface area contributed by atoms with E-state index in [9.17, 15) is 13.2 Å². The van der Waals surface area contributed by atoms with Gasteiger partial charge in [-0.3, -0.25) is 0 Å². The van der Waals surface area contributed by atoms with Gasteiger partial charge in [0.05, 0.1) is 0 Å². The maximum atomic E-state index is 12.0. The van der Waals surface area contributed by atoms with Gasteiger partial charge in [0.1, 0.15) is 0 Å². The number of hydrogen-bond donors (Lipinski definition) is 0. The highest BCUT2D eigenvalue weighted by Crippen LogP contribution is 2.20. The van der Waals surface area contributed by atoms with Crippen LogP contribution < -0.4 is 0 Å². The molecule has 0 aromatic rings. The van der Waals surface area contributed by atoms with Crippen LogP contribution in [0.4, 0.5) is 13.2 Å². The molecule has 0 amide bonds. The molecule has 0 aromatic carbocycles.